The van der Waals surface area contributed by atoms with E-state index in [-0.39, 0.29) is 24.7 Å². The number of aliphatic hydroxyl groups excluding tert-OH is 2. The average molecular weight is 440 g/mol. The minimum absolute atomic E-state index is 0.0743. The molecule has 32 heavy (non-hydrogen) atoms. The number of hydrogen-bond donors (Lipinski definition) is 3. The molecule has 0 aliphatic heterocycles. The normalized spacial score (nSPS) is 14.8. The summed E-state index contributed by atoms with van der Waals surface area (Å²) in [7, 11) is 0. The summed E-state index contributed by atoms with van der Waals surface area (Å²) in [6.07, 6.45) is 1.43. The second-order valence-corrected chi connectivity index (χ2v) is 8.33. The fraction of sp³-hybridized carbons (Fsp3) is 0.346. The first-order chi connectivity index (χ1) is 15.2. The van der Waals surface area contributed by atoms with Crippen LogP contribution in [0.25, 0.3) is 28.1 Å². The minimum Gasteiger partial charge on any atom is -0.481 e. The van der Waals surface area contributed by atoms with Gasteiger partial charge in [-0.05, 0) is 50.1 Å². The van der Waals surface area contributed by atoms with Crippen LogP contribution in [-0.2, 0) is 4.79 Å². The van der Waals surface area contributed by atoms with Gasteiger partial charge in [0.05, 0.1) is 18.1 Å². The van der Waals surface area contributed by atoms with Crippen molar-refractivity contribution in [2.75, 3.05) is 0 Å². The highest BCUT2D eigenvalue weighted by molar-refractivity contribution is 6.01. The third-order valence-electron chi connectivity index (χ3n) is 5.78. The Kier molecular flexibility index (Phi) is 7.48. The molecule has 0 spiro atoms. The van der Waals surface area contributed by atoms with E-state index in [0.717, 1.165) is 27.7 Å². The summed E-state index contributed by atoms with van der Waals surface area (Å²) in [5.74, 6) is -2.31. The molecule has 1 unspecified atom stereocenters. The van der Waals surface area contributed by atoms with Gasteiger partial charge in [-0.1, -0.05) is 43.3 Å². The number of para-hydroxylation sites is 1. The molecule has 3 N–H and O–H groups in total. The topological polar surface area (TPSA) is 82.7 Å². The zero-order valence-corrected chi connectivity index (χ0v) is 18.6. The summed E-state index contributed by atoms with van der Waals surface area (Å²) in [6.45, 7) is 5.83. The standard InChI is InChI=1S/C26H30FNO4/c1-4-20(26(31)32)24(30)15-19(29)13-14-23-25(17-9-11-18(27)12-10-17)21-7-5-6-8-22(21)28(23)16(2)3/h5-14,16,19-20,24,29-30H,4,15H2,1-3H3,(H,31,32)/b14-13+/t19-,20?,24-/m0/s1. The summed E-state index contributed by atoms with van der Waals surface area (Å²) >= 11 is 0. The Morgan fingerprint density at radius 3 is 2.34 bits per heavy atom. The molecule has 6 heteroatoms. The van der Waals surface area contributed by atoms with Gasteiger partial charge < -0.3 is 19.9 Å². The van der Waals surface area contributed by atoms with E-state index in [1.165, 1.54) is 12.1 Å². The Balaban J connectivity index is 2.05. The molecule has 0 fully saturated rings. The SMILES string of the molecule is CCC(C(=O)O)[C@@H](O)C[C@@H](O)/C=C/c1c(-c2ccc(F)cc2)c2ccccc2n1C(C)C. The zero-order valence-electron chi connectivity index (χ0n) is 18.6. The Bertz CT molecular complexity index is 1100. The van der Waals surface area contributed by atoms with Gasteiger partial charge in [-0.15, -0.1) is 0 Å². The van der Waals surface area contributed by atoms with Crippen molar-refractivity contribution < 1.29 is 24.5 Å². The molecule has 0 radical (unpaired) electrons. The summed E-state index contributed by atoms with van der Waals surface area (Å²) < 4.78 is 15.7. The number of carboxylic acids is 1. The quantitative estimate of drug-likeness (QED) is 0.424. The lowest BCUT2D eigenvalue weighted by Crippen LogP contribution is -2.30. The first-order valence-corrected chi connectivity index (χ1v) is 10.9. The van der Waals surface area contributed by atoms with Crippen LogP contribution in [0, 0.1) is 11.7 Å². The molecule has 0 bridgehead atoms. The Labute approximate surface area is 187 Å². The number of halogens is 1. The lowest BCUT2D eigenvalue weighted by atomic mass is 9.94. The van der Waals surface area contributed by atoms with Crippen molar-refractivity contribution in [1.82, 2.24) is 4.57 Å². The molecule has 3 rings (SSSR count). The van der Waals surface area contributed by atoms with Crippen molar-refractivity contribution in [3.05, 3.63) is 66.1 Å². The van der Waals surface area contributed by atoms with E-state index in [2.05, 4.69) is 18.4 Å². The monoisotopic (exact) mass is 439 g/mol. The number of carbonyl (C=O) groups is 1. The number of fused-ring (bicyclic) bond motifs is 1. The molecule has 5 nitrogen and oxygen atoms in total. The van der Waals surface area contributed by atoms with Crippen molar-refractivity contribution in [2.45, 2.75) is 51.9 Å². The van der Waals surface area contributed by atoms with Crippen molar-refractivity contribution in [3.63, 3.8) is 0 Å². The molecular formula is C26H30FNO4. The molecule has 3 atom stereocenters. The van der Waals surface area contributed by atoms with Crippen molar-refractivity contribution in [3.8, 4) is 11.1 Å². The van der Waals surface area contributed by atoms with Gasteiger partial charge in [0.2, 0.25) is 0 Å². The smallest absolute Gasteiger partial charge is 0.309 e. The second kappa shape index (κ2) is 10.1. The van der Waals surface area contributed by atoms with Crippen molar-refractivity contribution in [2.24, 2.45) is 5.92 Å². The van der Waals surface area contributed by atoms with Crippen LogP contribution in [0.1, 0.15) is 45.3 Å². The third-order valence-corrected chi connectivity index (χ3v) is 5.78. The Hall–Kier alpha value is -2.96. The fourth-order valence-corrected chi connectivity index (χ4v) is 4.23. The van der Waals surface area contributed by atoms with Crippen LogP contribution in [-0.4, -0.2) is 38.1 Å². The van der Waals surface area contributed by atoms with E-state index in [1.807, 2.05) is 24.3 Å². The first-order valence-electron chi connectivity index (χ1n) is 10.9. The number of rotatable bonds is 9. The largest absolute Gasteiger partial charge is 0.481 e. The van der Waals surface area contributed by atoms with Gasteiger partial charge in [0.1, 0.15) is 5.82 Å². The lowest BCUT2D eigenvalue weighted by molar-refractivity contribution is -0.146. The number of aromatic nitrogens is 1. The van der Waals surface area contributed by atoms with Gasteiger partial charge in [-0.25, -0.2) is 4.39 Å². The van der Waals surface area contributed by atoms with Crippen molar-refractivity contribution in [1.29, 1.82) is 0 Å². The van der Waals surface area contributed by atoms with E-state index in [1.54, 1.807) is 31.2 Å². The van der Waals surface area contributed by atoms with Crippen LogP contribution >= 0.6 is 0 Å². The average Bonchev–Trinajstić information content (AvgIpc) is 3.07. The number of aliphatic carboxylic acids is 1. The zero-order chi connectivity index (χ0) is 23.4. The molecule has 1 aromatic heterocycles. The maximum absolute atomic E-state index is 13.6. The highest BCUT2D eigenvalue weighted by Gasteiger charge is 2.26. The van der Waals surface area contributed by atoms with Crippen LogP contribution in [0.2, 0.25) is 0 Å². The molecule has 1 heterocycles. The van der Waals surface area contributed by atoms with E-state index in [9.17, 15) is 24.5 Å². The molecule has 0 aliphatic carbocycles. The second-order valence-electron chi connectivity index (χ2n) is 8.33. The first kappa shape index (κ1) is 23.7. The van der Waals surface area contributed by atoms with Crippen LogP contribution in [0.3, 0.4) is 0 Å². The van der Waals surface area contributed by atoms with E-state index >= 15 is 0 Å². The van der Waals surface area contributed by atoms with Gasteiger partial charge in [0.15, 0.2) is 0 Å². The van der Waals surface area contributed by atoms with E-state index in [4.69, 9.17) is 0 Å². The fourth-order valence-electron chi connectivity index (χ4n) is 4.23. The van der Waals surface area contributed by atoms with Gasteiger partial charge in [0, 0.05) is 34.6 Å². The highest BCUT2D eigenvalue weighted by Crippen LogP contribution is 2.38. The molecule has 2 aromatic carbocycles. The van der Waals surface area contributed by atoms with E-state index < -0.39 is 24.1 Å². The number of benzene rings is 2. The number of carboxylic acid groups (broad SMARTS) is 1. The van der Waals surface area contributed by atoms with Crippen LogP contribution in [0.5, 0.6) is 0 Å². The molecular weight excluding hydrogens is 409 g/mol. The molecule has 0 amide bonds. The molecule has 170 valence electrons. The molecule has 0 saturated heterocycles. The maximum atomic E-state index is 13.6. The van der Waals surface area contributed by atoms with Crippen LogP contribution in [0.15, 0.2) is 54.6 Å². The number of aliphatic hydroxyl groups is 2. The number of nitrogens with zero attached hydrogens (tertiary/aromatic N) is 1. The third kappa shape index (κ3) is 4.92. The van der Waals surface area contributed by atoms with E-state index in [0.29, 0.717) is 0 Å². The molecule has 3 aromatic rings. The number of hydrogen-bond acceptors (Lipinski definition) is 3. The summed E-state index contributed by atoms with van der Waals surface area (Å²) in [5.41, 5.74) is 3.66. The Morgan fingerprint density at radius 2 is 1.75 bits per heavy atom. The molecule has 0 aliphatic rings. The van der Waals surface area contributed by atoms with Gasteiger partial charge in [-0.3, -0.25) is 4.79 Å². The summed E-state index contributed by atoms with van der Waals surface area (Å²) in [4.78, 5) is 11.3. The summed E-state index contributed by atoms with van der Waals surface area (Å²) in [5, 5.41) is 31.0. The summed E-state index contributed by atoms with van der Waals surface area (Å²) in [6, 6.07) is 14.4. The van der Waals surface area contributed by atoms with Crippen LogP contribution in [0.4, 0.5) is 4.39 Å². The van der Waals surface area contributed by atoms with Gasteiger partial charge >= 0.3 is 5.97 Å². The van der Waals surface area contributed by atoms with Crippen molar-refractivity contribution >= 4 is 22.9 Å². The van der Waals surface area contributed by atoms with Gasteiger partial charge in [0.25, 0.3) is 0 Å². The lowest BCUT2D eigenvalue weighted by Gasteiger charge is -2.19. The molecule has 0 saturated carbocycles. The Morgan fingerprint density at radius 1 is 1.09 bits per heavy atom. The highest BCUT2D eigenvalue weighted by atomic mass is 19.1. The predicted molar refractivity (Wildman–Crippen MR) is 125 cm³/mol. The maximum Gasteiger partial charge on any atom is 0.309 e. The van der Waals surface area contributed by atoms with Gasteiger partial charge in [-0.2, -0.15) is 0 Å². The predicted octanol–water partition coefficient (Wildman–Crippen LogP) is 5.26. The van der Waals surface area contributed by atoms with Crippen LogP contribution < -0.4 is 0 Å². The minimum atomic E-state index is -1.15.